The molecular formula is C7H10O5. The first-order valence-electron chi connectivity index (χ1n) is 3.60. The number of cyclic esters (lactones) is 1. The molecule has 5 nitrogen and oxygen atoms in total. The van der Waals surface area contributed by atoms with Gasteiger partial charge in [-0.15, -0.1) is 0 Å². The van der Waals surface area contributed by atoms with Crippen molar-refractivity contribution in [2.45, 2.75) is 18.9 Å². The van der Waals surface area contributed by atoms with E-state index in [4.69, 9.17) is 15.3 Å². The van der Waals surface area contributed by atoms with Gasteiger partial charge in [0.05, 0.1) is 0 Å². The molecule has 1 rings (SSSR count). The van der Waals surface area contributed by atoms with E-state index in [9.17, 15) is 4.79 Å². The molecule has 1 heterocycles. The first kappa shape index (κ1) is 8.86. The Morgan fingerprint density at radius 3 is 2.50 bits per heavy atom. The van der Waals surface area contributed by atoms with Crippen LogP contribution in [-0.4, -0.2) is 34.0 Å². The molecule has 12 heavy (non-hydrogen) atoms. The molecule has 5 heteroatoms. The summed E-state index contributed by atoms with van der Waals surface area (Å²) in [6, 6.07) is 0. The van der Waals surface area contributed by atoms with Gasteiger partial charge < -0.3 is 20.1 Å². The lowest BCUT2D eigenvalue weighted by molar-refractivity contribution is -0.142. The number of esters is 1. The van der Waals surface area contributed by atoms with Gasteiger partial charge in [0.1, 0.15) is 0 Å². The molecular weight excluding hydrogens is 164 g/mol. The van der Waals surface area contributed by atoms with Crippen LogP contribution in [-0.2, 0) is 9.53 Å². The van der Waals surface area contributed by atoms with E-state index in [0.717, 1.165) is 0 Å². The van der Waals surface area contributed by atoms with Crippen LogP contribution in [0.1, 0.15) is 12.8 Å². The molecule has 0 aromatic carbocycles. The fourth-order valence-corrected chi connectivity index (χ4v) is 0.970. The van der Waals surface area contributed by atoms with E-state index in [2.05, 4.69) is 4.74 Å². The van der Waals surface area contributed by atoms with E-state index in [1.54, 1.807) is 0 Å². The SMILES string of the molecule is O=C1OC(CCCO)C(O)=C1O. The highest BCUT2D eigenvalue weighted by atomic mass is 16.6. The van der Waals surface area contributed by atoms with Crippen LogP contribution >= 0.6 is 0 Å². The second kappa shape index (κ2) is 3.44. The standard InChI is InChI=1S/C7H10O5/c8-3-1-2-4-5(9)6(10)7(11)12-4/h4,8-10H,1-3H2. The number of hydrogen-bond donors (Lipinski definition) is 3. The second-order valence-corrected chi connectivity index (χ2v) is 2.49. The summed E-state index contributed by atoms with van der Waals surface area (Å²) < 4.78 is 4.56. The normalized spacial score (nSPS) is 23.1. The number of hydrogen-bond acceptors (Lipinski definition) is 5. The number of aliphatic hydroxyl groups is 3. The maximum absolute atomic E-state index is 10.6. The number of carbonyl (C=O) groups is 1. The summed E-state index contributed by atoms with van der Waals surface area (Å²) in [6.45, 7) is -0.0396. The van der Waals surface area contributed by atoms with Gasteiger partial charge in [-0.1, -0.05) is 0 Å². The lowest BCUT2D eigenvalue weighted by Gasteiger charge is -2.07. The summed E-state index contributed by atoms with van der Waals surface area (Å²) in [5.41, 5.74) is 0. The lowest BCUT2D eigenvalue weighted by atomic mass is 10.2. The number of ether oxygens (including phenoxy) is 1. The molecule has 0 aromatic heterocycles. The monoisotopic (exact) mass is 174 g/mol. The molecule has 0 bridgehead atoms. The van der Waals surface area contributed by atoms with Gasteiger partial charge >= 0.3 is 5.97 Å². The molecule has 0 amide bonds. The molecule has 68 valence electrons. The highest BCUT2D eigenvalue weighted by molar-refractivity contribution is 5.88. The van der Waals surface area contributed by atoms with E-state index in [-0.39, 0.29) is 6.61 Å². The van der Waals surface area contributed by atoms with Gasteiger partial charge in [-0.2, -0.15) is 0 Å². The predicted octanol–water partition coefficient (Wildman–Crippen LogP) is 0.0119. The molecule has 0 aliphatic carbocycles. The van der Waals surface area contributed by atoms with Crippen molar-refractivity contribution in [3.05, 3.63) is 11.5 Å². The zero-order valence-electron chi connectivity index (χ0n) is 6.36. The van der Waals surface area contributed by atoms with Crippen molar-refractivity contribution < 1.29 is 24.9 Å². The van der Waals surface area contributed by atoms with Gasteiger partial charge in [0.2, 0.25) is 5.76 Å². The molecule has 0 aromatic rings. The van der Waals surface area contributed by atoms with Crippen molar-refractivity contribution in [1.29, 1.82) is 0 Å². The van der Waals surface area contributed by atoms with Crippen molar-refractivity contribution in [1.82, 2.24) is 0 Å². The lowest BCUT2D eigenvalue weighted by Crippen LogP contribution is -2.12. The van der Waals surface area contributed by atoms with E-state index in [1.807, 2.05) is 0 Å². The van der Waals surface area contributed by atoms with E-state index >= 15 is 0 Å². The minimum Gasteiger partial charge on any atom is -0.505 e. The summed E-state index contributed by atoms with van der Waals surface area (Å²) in [5.74, 6) is -2.07. The van der Waals surface area contributed by atoms with Crippen LogP contribution in [0.4, 0.5) is 0 Å². The molecule has 0 saturated heterocycles. The molecule has 1 atom stereocenters. The van der Waals surface area contributed by atoms with Crippen LogP contribution in [0.15, 0.2) is 11.5 Å². The molecule has 1 aliphatic heterocycles. The van der Waals surface area contributed by atoms with Crippen molar-refractivity contribution in [3.8, 4) is 0 Å². The highest BCUT2D eigenvalue weighted by Crippen LogP contribution is 2.21. The first-order chi connectivity index (χ1) is 5.66. The zero-order chi connectivity index (χ0) is 9.14. The maximum Gasteiger partial charge on any atom is 0.377 e. The van der Waals surface area contributed by atoms with Crippen LogP contribution in [0.5, 0.6) is 0 Å². The molecule has 0 saturated carbocycles. The van der Waals surface area contributed by atoms with Crippen molar-refractivity contribution in [2.75, 3.05) is 6.61 Å². The Labute approximate surface area is 68.9 Å². The average molecular weight is 174 g/mol. The van der Waals surface area contributed by atoms with Gasteiger partial charge in [-0.05, 0) is 12.8 Å². The molecule has 3 N–H and O–H groups in total. The Kier molecular flexibility index (Phi) is 2.54. The Bertz CT molecular complexity index is 220. The first-order valence-corrected chi connectivity index (χ1v) is 3.60. The molecule has 0 spiro atoms. The number of aliphatic hydroxyl groups excluding tert-OH is 3. The average Bonchev–Trinajstić information content (AvgIpc) is 2.30. The fourth-order valence-electron chi connectivity index (χ4n) is 0.970. The van der Waals surface area contributed by atoms with Gasteiger partial charge in [0.15, 0.2) is 11.9 Å². The largest absolute Gasteiger partial charge is 0.505 e. The summed E-state index contributed by atoms with van der Waals surface area (Å²) in [4.78, 5) is 10.6. The van der Waals surface area contributed by atoms with Gasteiger partial charge in [-0.3, -0.25) is 0 Å². The highest BCUT2D eigenvalue weighted by Gasteiger charge is 2.33. The third kappa shape index (κ3) is 1.50. The van der Waals surface area contributed by atoms with Gasteiger partial charge in [0.25, 0.3) is 0 Å². The summed E-state index contributed by atoms with van der Waals surface area (Å²) in [7, 11) is 0. The van der Waals surface area contributed by atoms with Gasteiger partial charge in [0, 0.05) is 6.61 Å². The molecule has 1 aliphatic rings. The Morgan fingerprint density at radius 2 is 2.08 bits per heavy atom. The van der Waals surface area contributed by atoms with Crippen LogP contribution in [0.25, 0.3) is 0 Å². The van der Waals surface area contributed by atoms with E-state index in [0.29, 0.717) is 12.8 Å². The number of carbonyl (C=O) groups excluding carboxylic acids is 1. The van der Waals surface area contributed by atoms with Crippen LogP contribution in [0.3, 0.4) is 0 Å². The third-order valence-electron chi connectivity index (χ3n) is 1.61. The fraction of sp³-hybridized carbons (Fsp3) is 0.571. The summed E-state index contributed by atoms with van der Waals surface area (Å²) in [5, 5.41) is 26.3. The summed E-state index contributed by atoms with van der Waals surface area (Å²) in [6.07, 6.45) is -0.0578. The molecule has 0 fully saturated rings. The zero-order valence-corrected chi connectivity index (χ0v) is 6.36. The third-order valence-corrected chi connectivity index (χ3v) is 1.61. The predicted molar refractivity (Wildman–Crippen MR) is 38.5 cm³/mol. The van der Waals surface area contributed by atoms with Crippen molar-refractivity contribution in [3.63, 3.8) is 0 Å². The molecule has 1 unspecified atom stereocenters. The quantitative estimate of drug-likeness (QED) is 0.525. The second-order valence-electron chi connectivity index (χ2n) is 2.49. The topological polar surface area (TPSA) is 87.0 Å². The van der Waals surface area contributed by atoms with Crippen LogP contribution < -0.4 is 0 Å². The van der Waals surface area contributed by atoms with Crippen LogP contribution in [0, 0.1) is 0 Å². The smallest absolute Gasteiger partial charge is 0.377 e. The van der Waals surface area contributed by atoms with E-state index < -0.39 is 23.6 Å². The van der Waals surface area contributed by atoms with Crippen LogP contribution in [0.2, 0.25) is 0 Å². The Morgan fingerprint density at radius 1 is 1.42 bits per heavy atom. The minimum absolute atomic E-state index is 0.0396. The minimum atomic E-state index is -0.907. The van der Waals surface area contributed by atoms with Gasteiger partial charge in [-0.25, -0.2) is 4.79 Å². The maximum atomic E-state index is 10.6. The Hall–Kier alpha value is -1.23. The van der Waals surface area contributed by atoms with E-state index in [1.165, 1.54) is 0 Å². The summed E-state index contributed by atoms with van der Waals surface area (Å²) >= 11 is 0. The van der Waals surface area contributed by atoms with Crippen molar-refractivity contribution in [2.24, 2.45) is 0 Å². The Balaban J connectivity index is 2.55. The van der Waals surface area contributed by atoms with Crippen molar-refractivity contribution >= 4 is 5.97 Å². The molecule has 0 radical (unpaired) electrons. The number of rotatable bonds is 3.